The van der Waals surface area contributed by atoms with Gasteiger partial charge in [-0.05, 0) is 39.0 Å². The third kappa shape index (κ3) is 2.57. The van der Waals surface area contributed by atoms with Crippen molar-refractivity contribution in [1.82, 2.24) is 20.1 Å². The molecule has 0 aromatic carbocycles. The molecule has 110 valence electrons. The number of hydrogen-bond donors (Lipinski definition) is 2. The highest BCUT2D eigenvalue weighted by atomic mass is 16.1. The number of hydrogen-bond acceptors (Lipinski definition) is 4. The highest BCUT2D eigenvalue weighted by Crippen LogP contribution is 2.25. The van der Waals surface area contributed by atoms with Crippen LogP contribution in [0.2, 0.25) is 0 Å². The van der Waals surface area contributed by atoms with Crippen molar-refractivity contribution in [3.05, 3.63) is 11.6 Å². The van der Waals surface area contributed by atoms with E-state index < -0.39 is 0 Å². The quantitative estimate of drug-likeness (QED) is 0.860. The van der Waals surface area contributed by atoms with E-state index in [0.29, 0.717) is 0 Å². The van der Waals surface area contributed by atoms with Crippen molar-refractivity contribution in [2.75, 3.05) is 0 Å². The van der Waals surface area contributed by atoms with E-state index in [2.05, 4.69) is 20.1 Å². The van der Waals surface area contributed by atoms with Gasteiger partial charge in [0, 0.05) is 24.9 Å². The Labute approximate surface area is 119 Å². The summed E-state index contributed by atoms with van der Waals surface area (Å²) in [5.74, 6) is 2.18. The van der Waals surface area contributed by atoms with Gasteiger partial charge in [-0.1, -0.05) is 0 Å². The molecule has 1 amide bonds. The zero-order valence-corrected chi connectivity index (χ0v) is 12.0. The summed E-state index contributed by atoms with van der Waals surface area (Å²) in [5.41, 5.74) is 5.88. The van der Waals surface area contributed by atoms with Crippen LogP contribution in [0.4, 0.5) is 0 Å². The summed E-state index contributed by atoms with van der Waals surface area (Å²) < 4.78 is 2.14. The van der Waals surface area contributed by atoms with E-state index in [-0.39, 0.29) is 23.9 Å². The Balaban J connectivity index is 1.61. The Kier molecular flexibility index (Phi) is 3.74. The van der Waals surface area contributed by atoms with Gasteiger partial charge in [0.05, 0.1) is 6.04 Å². The average molecular weight is 277 g/mol. The summed E-state index contributed by atoms with van der Waals surface area (Å²) in [6.45, 7) is 2.96. The SMILES string of the molecule is CC(NC(=O)C1CCC(N)CC1)c1nnc2n1CCC2. The molecule has 1 aromatic heterocycles. The number of nitrogens with two attached hydrogens (primary N) is 1. The Bertz CT molecular complexity index is 490. The van der Waals surface area contributed by atoms with Crippen molar-refractivity contribution in [3.63, 3.8) is 0 Å². The van der Waals surface area contributed by atoms with Gasteiger partial charge in [0.1, 0.15) is 5.82 Å². The van der Waals surface area contributed by atoms with Crippen LogP contribution in [0, 0.1) is 5.92 Å². The van der Waals surface area contributed by atoms with Crippen molar-refractivity contribution < 1.29 is 4.79 Å². The molecule has 2 aliphatic rings. The lowest BCUT2D eigenvalue weighted by Gasteiger charge is -2.26. The van der Waals surface area contributed by atoms with E-state index in [4.69, 9.17) is 5.73 Å². The normalized spacial score (nSPS) is 27.1. The first-order valence-corrected chi connectivity index (χ1v) is 7.63. The molecular weight excluding hydrogens is 254 g/mol. The Hall–Kier alpha value is -1.43. The number of nitrogens with one attached hydrogen (secondary N) is 1. The first-order valence-electron chi connectivity index (χ1n) is 7.63. The van der Waals surface area contributed by atoms with Crippen LogP contribution < -0.4 is 11.1 Å². The van der Waals surface area contributed by atoms with Crippen LogP contribution in [0.25, 0.3) is 0 Å². The number of carbonyl (C=O) groups excluding carboxylic acids is 1. The van der Waals surface area contributed by atoms with Crippen LogP contribution in [0.1, 0.15) is 56.7 Å². The summed E-state index contributed by atoms with van der Waals surface area (Å²) in [4.78, 5) is 12.3. The lowest BCUT2D eigenvalue weighted by Crippen LogP contribution is -2.37. The largest absolute Gasteiger partial charge is 0.346 e. The topological polar surface area (TPSA) is 85.8 Å². The monoisotopic (exact) mass is 277 g/mol. The van der Waals surface area contributed by atoms with E-state index >= 15 is 0 Å². The van der Waals surface area contributed by atoms with Gasteiger partial charge in [0.15, 0.2) is 5.82 Å². The fourth-order valence-electron chi connectivity index (χ4n) is 3.27. The summed E-state index contributed by atoms with van der Waals surface area (Å²) >= 11 is 0. The molecule has 0 saturated heterocycles. The van der Waals surface area contributed by atoms with Gasteiger partial charge >= 0.3 is 0 Å². The fraction of sp³-hybridized carbons (Fsp3) is 0.786. The van der Waals surface area contributed by atoms with Gasteiger partial charge in [0.25, 0.3) is 0 Å². The third-order valence-corrected chi connectivity index (χ3v) is 4.53. The molecule has 20 heavy (non-hydrogen) atoms. The zero-order valence-electron chi connectivity index (χ0n) is 12.0. The van der Waals surface area contributed by atoms with Crippen molar-refractivity contribution in [2.45, 2.75) is 64.1 Å². The van der Waals surface area contributed by atoms with Gasteiger partial charge < -0.3 is 15.6 Å². The minimum atomic E-state index is -0.0718. The van der Waals surface area contributed by atoms with Crippen LogP contribution in [0.15, 0.2) is 0 Å². The molecule has 1 unspecified atom stereocenters. The molecule has 1 atom stereocenters. The van der Waals surface area contributed by atoms with Crippen LogP contribution in [0.5, 0.6) is 0 Å². The maximum atomic E-state index is 12.3. The summed E-state index contributed by atoms with van der Waals surface area (Å²) in [5, 5.41) is 11.5. The second kappa shape index (κ2) is 5.52. The highest BCUT2D eigenvalue weighted by molar-refractivity contribution is 5.79. The average Bonchev–Trinajstić information content (AvgIpc) is 3.01. The molecule has 2 heterocycles. The molecule has 0 bridgehead atoms. The highest BCUT2D eigenvalue weighted by Gasteiger charge is 2.27. The number of aromatic nitrogens is 3. The smallest absolute Gasteiger partial charge is 0.223 e. The second-order valence-electron chi connectivity index (χ2n) is 6.07. The van der Waals surface area contributed by atoms with Crippen LogP contribution in [0.3, 0.4) is 0 Å². The molecule has 0 spiro atoms. The maximum absolute atomic E-state index is 12.3. The third-order valence-electron chi connectivity index (χ3n) is 4.53. The van der Waals surface area contributed by atoms with Crippen molar-refractivity contribution in [2.24, 2.45) is 11.7 Å². The molecule has 1 aromatic rings. The molecule has 1 aliphatic carbocycles. The van der Waals surface area contributed by atoms with Crippen LogP contribution in [-0.2, 0) is 17.8 Å². The molecule has 6 heteroatoms. The number of fused-ring (bicyclic) bond motifs is 1. The lowest BCUT2D eigenvalue weighted by atomic mass is 9.86. The predicted octanol–water partition coefficient (Wildman–Crippen LogP) is 0.919. The van der Waals surface area contributed by atoms with Crippen LogP contribution in [-0.4, -0.2) is 26.7 Å². The molecule has 1 fully saturated rings. The molecule has 0 radical (unpaired) electrons. The van der Waals surface area contributed by atoms with E-state index in [0.717, 1.165) is 56.7 Å². The molecule has 1 saturated carbocycles. The van der Waals surface area contributed by atoms with Crippen molar-refractivity contribution in [3.8, 4) is 0 Å². The molecular formula is C14H23N5O. The molecule has 1 aliphatic heterocycles. The standard InChI is InChI=1S/C14H23N5O/c1-9(13-18-17-12-3-2-8-19(12)13)16-14(20)10-4-6-11(15)7-5-10/h9-11H,2-8,15H2,1H3,(H,16,20). The Morgan fingerprint density at radius 1 is 1.35 bits per heavy atom. The van der Waals surface area contributed by atoms with Gasteiger partial charge in [-0.25, -0.2) is 0 Å². The first kappa shape index (κ1) is 13.5. The minimum Gasteiger partial charge on any atom is -0.346 e. The summed E-state index contributed by atoms with van der Waals surface area (Å²) in [6, 6.07) is 0.202. The van der Waals surface area contributed by atoms with E-state index in [1.807, 2.05) is 6.92 Å². The molecule has 6 nitrogen and oxygen atoms in total. The number of rotatable bonds is 3. The summed E-state index contributed by atoms with van der Waals surface area (Å²) in [7, 11) is 0. The van der Waals surface area contributed by atoms with Gasteiger partial charge in [-0.15, -0.1) is 10.2 Å². The Morgan fingerprint density at radius 3 is 2.85 bits per heavy atom. The van der Waals surface area contributed by atoms with Crippen molar-refractivity contribution >= 4 is 5.91 Å². The molecule has 3 rings (SSSR count). The fourth-order valence-corrected chi connectivity index (χ4v) is 3.27. The number of nitrogens with zero attached hydrogens (tertiary/aromatic N) is 3. The minimum absolute atomic E-state index is 0.0718. The van der Waals surface area contributed by atoms with Gasteiger partial charge in [0.2, 0.25) is 5.91 Å². The predicted molar refractivity (Wildman–Crippen MR) is 74.8 cm³/mol. The van der Waals surface area contributed by atoms with Crippen LogP contribution >= 0.6 is 0 Å². The number of amides is 1. The number of carbonyl (C=O) groups is 1. The first-order chi connectivity index (χ1) is 9.65. The van der Waals surface area contributed by atoms with E-state index in [1.165, 1.54) is 0 Å². The number of aryl methyl sites for hydroxylation is 1. The van der Waals surface area contributed by atoms with Crippen molar-refractivity contribution in [1.29, 1.82) is 0 Å². The maximum Gasteiger partial charge on any atom is 0.223 e. The Morgan fingerprint density at radius 2 is 2.10 bits per heavy atom. The lowest BCUT2D eigenvalue weighted by molar-refractivity contribution is -0.126. The van der Waals surface area contributed by atoms with Gasteiger partial charge in [-0.3, -0.25) is 4.79 Å². The van der Waals surface area contributed by atoms with Gasteiger partial charge in [-0.2, -0.15) is 0 Å². The summed E-state index contributed by atoms with van der Waals surface area (Å²) in [6.07, 6.45) is 5.82. The second-order valence-corrected chi connectivity index (χ2v) is 6.07. The van der Waals surface area contributed by atoms with E-state index in [1.54, 1.807) is 0 Å². The van der Waals surface area contributed by atoms with E-state index in [9.17, 15) is 4.79 Å². The zero-order chi connectivity index (χ0) is 14.1. The molecule has 3 N–H and O–H groups in total.